The molecule has 1 aromatic heterocycles. The minimum atomic E-state index is -0.869. The second kappa shape index (κ2) is 14.1. The van der Waals surface area contributed by atoms with E-state index in [1.807, 2.05) is 24.3 Å². The molecule has 2 fully saturated rings. The van der Waals surface area contributed by atoms with Gasteiger partial charge in [-0.3, -0.25) is 4.79 Å². The maximum Gasteiger partial charge on any atom is 0.227 e. The molecule has 1 amide bonds. The molecule has 7 nitrogen and oxygen atoms in total. The number of hydrogen-bond donors (Lipinski definition) is 1. The third-order valence-electron chi connectivity index (χ3n) is 10.8. The van der Waals surface area contributed by atoms with Crippen LogP contribution < -0.4 is 5.32 Å². The Kier molecular flexibility index (Phi) is 9.46. The number of nitrogens with one attached hydrogen (secondary N) is 1. The van der Waals surface area contributed by atoms with Gasteiger partial charge in [0.2, 0.25) is 11.7 Å². The number of hydrogen-bond acceptors (Lipinski definition) is 5. The third-order valence-corrected chi connectivity index (χ3v) is 10.8. The van der Waals surface area contributed by atoms with Crippen LogP contribution in [0.1, 0.15) is 87.5 Å². The smallest absolute Gasteiger partial charge is 0.227 e. The summed E-state index contributed by atoms with van der Waals surface area (Å²) in [5.41, 5.74) is 5.33. The van der Waals surface area contributed by atoms with Crippen LogP contribution in [-0.2, 0) is 15.1 Å². The average Bonchev–Trinajstić information content (AvgIpc) is 3.64. The summed E-state index contributed by atoms with van der Waals surface area (Å²) in [4.78, 5) is 15.4. The maximum absolute atomic E-state index is 13.6. The number of benzene rings is 4. The summed E-state index contributed by atoms with van der Waals surface area (Å²) in [5.74, 6) is 1.63. The molecule has 252 valence electrons. The second-order valence-corrected chi connectivity index (χ2v) is 14.8. The van der Waals surface area contributed by atoms with Crippen molar-refractivity contribution in [2.75, 3.05) is 18.5 Å². The van der Waals surface area contributed by atoms with Crippen LogP contribution in [0.3, 0.4) is 0 Å². The van der Waals surface area contributed by atoms with E-state index in [0.29, 0.717) is 17.7 Å². The van der Waals surface area contributed by atoms with E-state index in [2.05, 4.69) is 111 Å². The molecule has 1 N–H and O–H groups in total. The Balaban J connectivity index is 1.29. The number of rotatable bonds is 8. The van der Waals surface area contributed by atoms with E-state index in [1.54, 1.807) is 4.80 Å². The van der Waals surface area contributed by atoms with E-state index in [9.17, 15) is 4.79 Å². The summed E-state index contributed by atoms with van der Waals surface area (Å²) in [7, 11) is 0. The van der Waals surface area contributed by atoms with Gasteiger partial charge in [-0.25, -0.2) is 0 Å². The molecule has 1 aliphatic carbocycles. The van der Waals surface area contributed by atoms with Gasteiger partial charge in [-0.15, -0.1) is 15.0 Å². The van der Waals surface area contributed by atoms with Crippen LogP contribution in [0, 0.1) is 17.3 Å². The van der Waals surface area contributed by atoms with E-state index >= 15 is 0 Å². The van der Waals surface area contributed by atoms with E-state index < -0.39 is 5.54 Å². The molecule has 0 unspecified atom stereocenters. The van der Waals surface area contributed by atoms with E-state index in [1.165, 1.54) is 0 Å². The van der Waals surface area contributed by atoms with Crippen LogP contribution in [0.4, 0.5) is 5.69 Å². The van der Waals surface area contributed by atoms with Gasteiger partial charge in [0.05, 0.1) is 0 Å². The van der Waals surface area contributed by atoms with E-state index in [0.717, 1.165) is 85.2 Å². The topological polar surface area (TPSA) is 81.9 Å². The lowest BCUT2D eigenvalue weighted by Crippen LogP contribution is -2.39. The minimum absolute atomic E-state index is 0.0273. The lowest BCUT2D eigenvalue weighted by Gasteiger charge is -2.36. The largest absolute Gasteiger partial charge is 0.381 e. The molecule has 1 saturated heterocycles. The highest BCUT2D eigenvalue weighted by Crippen LogP contribution is 2.42. The molecule has 5 aromatic rings. The first-order valence-electron chi connectivity index (χ1n) is 17.8. The van der Waals surface area contributed by atoms with E-state index in [-0.39, 0.29) is 17.2 Å². The molecule has 4 aromatic carbocycles. The molecule has 49 heavy (non-hydrogen) atoms. The van der Waals surface area contributed by atoms with Gasteiger partial charge in [-0.05, 0) is 95.4 Å². The summed E-state index contributed by atoms with van der Waals surface area (Å²) < 4.78 is 5.73. The maximum atomic E-state index is 13.6. The Morgan fingerprint density at radius 3 is 1.82 bits per heavy atom. The highest BCUT2D eigenvalue weighted by atomic mass is 16.5. The van der Waals surface area contributed by atoms with Crippen molar-refractivity contribution < 1.29 is 9.53 Å². The molecule has 2 aliphatic rings. The van der Waals surface area contributed by atoms with Crippen LogP contribution in [0.25, 0.3) is 11.4 Å². The lowest BCUT2D eigenvalue weighted by molar-refractivity contribution is -0.121. The Morgan fingerprint density at radius 1 is 0.735 bits per heavy atom. The van der Waals surface area contributed by atoms with Crippen molar-refractivity contribution in [3.63, 3.8) is 0 Å². The highest BCUT2D eigenvalue weighted by molar-refractivity contribution is 5.93. The normalized spacial score (nSPS) is 19.0. The SMILES string of the molecule is CC(C)(C)C1CCC(C(=O)Nc2ccc(C3CCOCC3)c(-c3nnn(C(c4ccccc4)(c4ccccc4)c4ccccc4)n3)c2)CC1. The minimum Gasteiger partial charge on any atom is -0.381 e. The molecule has 7 heteroatoms. The van der Waals surface area contributed by atoms with Crippen LogP contribution in [0.2, 0.25) is 0 Å². The first-order valence-corrected chi connectivity index (χ1v) is 17.8. The Bertz CT molecular complexity index is 1740. The quantitative estimate of drug-likeness (QED) is 0.169. The van der Waals surface area contributed by atoms with Crippen LogP contribution in [-0.4, -0.2) is 39.3 Å². The fraction of sp³-hybridized carbons (Fsp3) is 0.381. The third kappa shape index (κ3) is 6.69. The summed E-state index contributed by atoms with van der Waals surface area (Å²) in [6, 6.07) is 37.4. The molecule has 0 spiro atoms. The van der Waals surface area contributed by atoms with Gasteiger partial charge in [0.1, 0.15) is 0 Å². The van der Waals surface area contributed by atoms with Gasteiger partial charge in [-0.1, -0.05) is 118 Å². The van der Waals surface area contributed by atoms with Gasteiger partial charge in [0, 0.05) is 30.4 Å². The Labute approximate surface area is 290 Å². The molecule has 0 bridgehead atoms. The van der Waals surface area contributed by atoms with E-state index in [4.69, 9.17) is 20.1 Å². The zero-order valence-electron chi connectivity index (χ0n) is 28.9. The van der Waals surface area contributed by atoms with Crippen molar-refractivity contribution in [3.05, 3.63) is 131 Å². The van der Waals surface area contributed by atoms with Gasteiger partial charge >= 0.3 is 0 Å². The lowest BCUT2D eigenvalue weighted by atomic mass is 9.69. The molecule has 1 aliphatic heterocycles. The molecule has 2 heterocycles. The van der Waals surface area contributed by atoms with Crippen molar-refractivity contribution in [2.24, 2.45) is 17.3 Å². The number of aromatic nitrogens is 4. The van der Waals surface area contributed by atoms with Gasteiger partial charge in [-0.2, -0.15) is 0 Å². The number of ether oxygens (including phenoxy) is 1. The van der Waals surface area contributed by atoms with Crippen molar-refractivity contribution in [3.8, 4) is 11.4 Å². The van der Waals surface area contributed by atoms with Gasteiger partial charge < -0.3 is 10.1 Å². The molecule has 1 saturated carbocycles. The van der Waals surface area contributed by atoms with Gasteiger partial charge in [0.15, 0.2) is 5.54 Å². The van der Waals surface area contributed by atoms with Crippen LogP contribution >= 0.6 is 0 Å². The van der Waals surface area contributed by atoms with Crippen molar-refractivity contribution in [2.45, 2.75) is 70.8 Å². The van der Waals surface area contributed by atoms with Crippen LogP contribution in [0.15, 0.2) is 109 Å². The predicted molar refractivity (Wildman–Crippen MR) is 194 cm³/mol. The van der Waals surface area contributed by atoms with Crippen molar-refractivity contribution in [1.29, 1.82) is 0 Å². The summed E-state index contributed by atoms with van der Waals surface area (Å²) in [6.45, 7) is 8.38. The molecule has 7 rings (SSSR count). The summed E-state index contributed by atoms with van der Waals surface area (Å²) in [6.07, 6.45) is 5.88. The first kappa shape index (κ1) is 32.9. The number of nitrogens with zero attached hydrogens (tertiary/aromatic N) is 4. The van der Waals surface area contributed by atoms with Crippen molar-refractivity contribution in [1.82, 2.24) is 20.2 Å². The Hall–Kier alpha value is -4.62. The average molecular weight is 654 g/mol. The molecule has 0 radical (unpaired) electrons. The molecular weight excluding hydrogens is 606 g/mol. The van der Waals surface area contributed by atoms with Crippen LogP contribution in [0.5, 0.6) is 0 Å². The Morgan fingerprint density at radius 2 is 1.29 bits per heavy atom. The fourth-order valence-electron chi connectivity index (χ4n) is 8.01. The summed E-state index contributed by atoms with van der Waals surface area (Å²) >= 11 is 0. The number of amides is 1. The molecule has 0 atom stereocenters. The standard InChI is InChI=1S/C42H47N5O2/c1-41(2,3)32-21-19-31(20-22-32)40(48)43-36-23-24-37(30-25-27-49-28-26-30)38(29-36)39-44-46-47(45-39)42(33-13-7-4-8-14-33,34-15-9-5-10-16-34)35-17-11-6-12-18-35/h4-18,23-24,29-32H,19-22,25-28H2,1-3H3,(H,43,48). The summed E-state index contributed by atoms with van der Waals surface area (Å²) in [5, 5.41) is 18.1. The predicted octanol–water partition coefficient (Wildman–Crippen LogP) is 8.87. The second-order valence-electron chi connectivity index (χ2n) is 14.8. The highest BCUT2D eigenvalue weighted by Gasteiger charge is 2.41. The number of anilines is 1. The monoisotopic (exact) mass is 653 g/mol. The van der Waals surface area contributed by atoms with Gasteiger partial charge in [0.25, 0.3) is 0 Å². The zero-order valence-corrected chi connectivity index (χ0v) is 28.9. The zero-order chi connectivity index (χ0) is 33.8. The number of tetrazole rings is 1. The number of carbonyl (C=O) groups excluding carboxylic acids is 1. The van der Waals surface area contributed by atoms with Crippen molar-refractivity contribution >= 4 is 11.6 Å². The number of carbonyl (C=O) groups is 1. The first-order chi connectivity index (χ1) is 23.8. The molecular formula is C42H47N5O2. The fourth-order valence-corrected chi connectivity index (χ4v) is 8.01.